The monoisotopic (exact) mass is 145 g/mol. The first-order valence-corrected chi connectivity index (χ1v) is 3.42. The van der Waals surface area contributed by atoms with Gasteiger partial charge in [-0.1, -0.05) is 6.08 Å². The van der Waals surface area contributed by atoms with Gasteiger partial charge >= 0.3 is 0 Å². The highest BCUT2D eigenvalue weighted by atomic mass is 16.5. The molecule has 0 heterocycles. The first-order chi connectivity index (χ1) is 4.91. The fourth-order valence-electron chi connectivity index (χ4n) is 0.515. The third kappa shape index (κ3) is 7.62. The van der Waals surface area contributed by atoms with Gasteiger partial charge in [0.2, 0.25) is 0 Å². The summed E-state index contributed by atoms with van der Waals surface area (Å²) in [5, 5.41) is 11.4. The van der Waals surface area contributed by atoms with E-state index in [1.54, 1.807) is 6.08 Å². The number of hydrogen-bond acceptors (Lipinski definition) is 3. The Morgan fingerprint density at radius 3 is 2.90 bits per heavy atom. The molecule has 0 saturated carbocycles. The molecule has 3 nitrogen and oxygen atoms in total. The van der Waals surface area contributed by atoms with Crippen LogP contribution >= 0.6 is 0 Å². The normalized spacial score (nSPS) is 9.70. The smallest absolute Gasteiger partial charge is 0.0698 e. The van der Waals surface area contributed by atoms with Crippen molar-refractivity contribution in [2.45, 2.75) is 0 Å². The maximum atomic E-state index is 8.31. The van der Waals surface area contributed by atoms with Crippen molar-refractivity contribution in [1.29, 1.82) is 0 Å². The summed E-state index contributed by atoms with van der Waals surface area (Å²) in [6, 6.07) is 0. The molecule has 0 saturated heterocycles. The van der Waals surface area contributed by atoms with Gasteiger partial charge in [0.15, 0.2) is 0 Å². The van der Waals surface area contributed by atoms with Gasteiger partial charge in [-0.25, -0.2) is 0 Å². The van der Waals surface area contributed by atoms with Crippen LogP contribution in [-0.2, 0) is 4.74 Å². The number of aliphatic hydroxyl groups excluding tert-OH is 1. The summed E-state index contributed by atoms with van der Waals surface area (Å²) >= 11 is 0. The fourth-order valence-corrected chi connectivity index (χ4v) is 0.515. The lowest BCUT2D eigenvalue weighted by atomic mass is 10.6. The largest absolute Gasteiger partial charge is 0.394 e. The van der Waals surface area contributed by atoms with Gasteiger partial charge in [0.25, 0.3) is 0 Å². The molecule has 10 heavy (non-hydrogen) atoms. The lowest BCUT2D eigenvalue weighted by Crippen LogP contribution is -2.20. The van der Waals surface area contributed by atoms with E-state index >= 15 is 0 Å². The lowest BCUT2D eigenvalue weighted by Gasteiger charge is -2.01. The van der Waals surface area contributed by atoms with E-state index in [9.17, 15) is 0 Å². The van der Waals surface area contributed by atoms with Crippen LogP contribution in [0.15, 0.2) is 12.7 Å². The van der Waals surface area contributed by atoms with Gasteiger partial charge < -0.3 is 15.2 Å². The molecule has 2 N–H and O–H groups in total. The molecule has 0 aliphatic rings. The average Bonchev–Trinajstić information content (AvgIpc) is 1.97. The predicted octanol–water partition coefficient (Wildman–Crippen LogP) is -0.229. The molecule has 60 valence electrons. The number of aliphatic hydroxyl groups is 1. The van der Waals surface area contributed by atoms with Crippen LogP contribution in [0.25, 0.3) is 0 Å². The molecular weight excluding hydrogens is 130 g/mol. The van der Waals surface area contributed by atoms with E-state index in [0.29, 0.717) is 13.2 Å². The first-order valence-electron chi connectivity index (χ1n) is 3.42. The Morgan fingerprint density at radius 2 is 2.30 bits per heavy atom. The molecule has 0 rings (SSSR count). The lowest BCUT2D eigenvalue weighted by molar-refractivity contribution is 0.0943. The Kier molecular flexibility index (Phi) is 8.29. The molecule has 0 atom stereocenters. The minimum Gasteiger partial charge on any atom is -0.394 e. The van der Waals surface area contributed by atoms with E-state index in [1.165, 1.54) is 0 Å². The second kappa shape index (κ2) is 8.62. The van der Waals surface area contributed by atoms with Crippen molar-refractivity contribution >= 4 is 0 Å². The topological polar surface area (TPSA) is 41.5 Å². The summed E-state index contributed by atoms with van der Waals surface area (Å²) in [4.78, 5) is 0. The van der Waals surface area contributed by atoms with Gasteiger partial charge in [-0.15, -0.1) is 6.58 Å². The Labute approximate surface area is 61.7 Å². The summed E-state index contributed by atoms with van der Waals surface area (Å²) in [6.07, 6.45) is 1.80. The summed E-state index contributed by atoms with van der Waals surface area (Å²) < 4.78 is 4.98. The molecule has 0 aromatic carbocycles. The van der Waals surface area contributed by atoms with Crippen LogP contribution < -0.4 is 5.32 Å². The Morgan fingerprint density at radius 1 is 1.50 bits per heavy atom. The van der Waals surface area contributed by atoms with Crippen LogP contribution in [0.4, 0.5) is 0 Å². The molecule has 0 aromatic heterocycles. The van der Waals surface area contributed by atoms with Crippen molar-refractivity contribution in [1.82, 2.24) is 5.32 Å². The van der Waals surface area contributed by atoms with E-state index in [1.807, 2.05) is 0 Å². The Bertz CT molecular complexity index is 76.0. The van der Waals surface area contributed by atoms with E-state index in [4.69, 9.17) is 9.84 Å². The quantitative estimate of drug-likeness (QED) is 0.384. The predicted molar refractivity (Wildman–Crippen MR) is 41.0 cm³/mol. The highest BCUT2D eigenvalue weighted by Gasteiger charge is 1.84. The van der Waals surface area contributed by atoms with Gasteiger partial charge in [-0.3, -0.25) is 0 Å². The van der Waals surface area contributed by atoms with E-state index < -0.39 is 0 Å². The standard InChI is InChI=1S/C7H15NO2/c1-2-3-8-4-6-10-7-5-9/h2,8-9H,1,3-7H2. The van der Waals surface area contributed by atoms with Crippen molar-refractivity contribution in [2.75, 3.05) is 32.9 Å². The molecule has 0 aromatic rings. The Hall–Kier alpha value is -0.380. The zero-order chi connectivity index (χ0) is 7.66. The number of nitrogens with one attached hydrogen (secondary N) is 1. The Balaban J connectivity index is 2.70. The van der Waals surface area contributed by atoms with E-state index in [2.05, 4.69) is 11.9 Å². The molecular formula is C7H15NO2. The van der Waals surface area contributed by atoms with E-state index in [0.717, 1.165) is 13.1 Å². The van der Waals surface area contributed by atoms with Crippen LogP contribution in [0.2, 0.25) is 0 Å². The maximum absolute atomic E-state index is 8.31. The summed E-state index contributed by atoms with van der Waals surface area (Å²) in [5.74, 6) is 0. The zero-order valence-electron chi connectivity index (χ0n) is 6.18. The van der Waals surface area contributed by atoms with Crippen LogP contribution in [0, 0.1) is 0 Å². The summed E-state index contributed by atoms with van der Waals surface area (Å²) in [7, 11) is 0. The van der Waals surface area contributed by atoms with Crippen molar-refractivity contribution in [3.05, 3.63) is 12.7 Å². The van der Waals surface area contributed by atoms with Gasteiger partial charge in [-0.2, -0.15) is 0 Å². The molecule has 0 unspecified atom stereocenters. The van der Waals surface area contributed by atoms with Crippen LogP contribution in [0.5, 0.6) is 0 Å². The number of rotatable bonds is 7. The molecule has 0 aliphatic carbocycles. The second-order valence-electron chi connectivity index (χ2n) is 1.83. The molecule has 0 fully saturated rings. The minimum absolute atomic E-state index is 0.0987. The van der Waals surface area contributed by atoms with Gasteiger partial charge in [0.05, 0.1) is 19.8 Å². The minimum atomic E-state index is 0.0987. The molecule has 0 bridgehead atoms. The molecule has 0 spiro atoms. The van der Waals surface area contributed by atoms with Crippen molar-refractivity contribution in [3.8, 4) is 0 Å². The van der Waals surface area contributed by atoms with Gasteiger partial charge in [0, 0.05) is 13.1 Å². The summed E-state index contributed by atoms with van der Waals surface area (Å²) in [6.45, 7) is 6.34. The highest BCUT2D eigenvalue weighted by Crippen LogP contribution is 1.70. The highest BCUT2D eigenvalue weighted by molar-refractivity contribution is 4.68. The second-order valence-corrected chi connectivity index (χ2v) is 1.83. The van der Waals surface area contributed by atoms with Crippen molar-refractivity contribution < 1.29 is 9.84 Å². The molecule has 0 radical (unpaired) electrons. The SMILES string of the molecule is C=CCNCCOCCO. The van der Waals surface area contributed by atoms with Crippen LogP contribution in [-0.4, -0.2) is 38.0 Å². The average molecular weight is 145 g/mol. The summed E-state index contributed by atoms with van der Waals surface area (Å²) in [5.41, 5.74) is 0. The number of hydrogen-bond donors (Lipinski definition) is 2. The molecule has 3 heteroatoms. The van der Waals surface area contributed by atoms with E-state index in [-0.39, 0.29) is 6.61 Å². The van der Waals surface area contributed by atoms with Gasteiger partial charge in [0.1, 0.15) is 0 Å². The molecule has 0 amide bonds. The van der Waals surface area contributed by atoms with Crippen LogP contribution in [0.1, 0.15) is 0 Å². The zero-order valence-corrected chi connectivity index (χ0v) is 6.18. The third-order valence-corrected chi connectivity index (χ3v) is 0.947. The number of ether oxygens (including phenoxy) is 1. The van der Waals surface area contributed by atoms with Crippen LogP contribution in [0.3, 0.4) is 0 Å². The maximum Gasteiger partial charge on any atom is 0.0698 e. The van der Waals surface area contributed by atoms with Gasteiger partial charge in [-0.05, 0) is 0 Å². The third-order valence-electron chi connectivity index (χ3n) is 0.947. The fraction of sp³-hybridized carbons (Fsp3) is 0.714. The van der Waals surface area contributed by atoms with Crippen molar-refractivity contribution in [2.24, 2.45) is 0 Å². The molecule has 0 aliphatic heterocycles. The van der Waals surface area contributed by atoms with Crippen molar-refractivity contribution in [3.63, 3.8) is 0 Å². The first kappa shape index (κ1) is 9.62.